The minimum Gasteiger partial charge on any atom is -0.467 e. The highest BCUT2D eigenvalue weighted by Crippen LogP contribution is 2.32. The molecule has 2 aromatic carbocycles. The van der Waals surface area contributed by atoms with Crippen molar-refractivity contribution in [3.63, 3.8) is 0 Å². The third-order valence-electron chi connectivity index (χ3n) is 4.52. The van der Waals surface area contributed by atoms with Crippen LogP contribution < -0.4 is 5.32 Å². The van der Waals surface area contributed by atoms with Crippen molar-refractivity contribution in [2.24, 2.45) is 0 Å². The lowest BCUT2D eigenvalue weighted by molar-refractivity contribution is -0.384. The molecule has 1 aliphatic rings. The van der Waals surface area contributed by atoms with Gasteiger partial charge in [-0.2, -0.15) is 0 Å². The molecule has 0 saturated heterocycles. The van der Waals surface area contributed by atoms with E-state index in [0.717, 1.165) is 4.90 Å². The standard InChI is InChI=1S/C21H14FN3O5/c22-14-3-1-4-15(11-14)23-19-18(13-6-8-16(9-7-13)25(28)29)20(26)24(21(19)27)12-17-5-2-10-30-17/h1-11,23H,12H2. The average molecular weight is 407 g/mol. The molecule has 0 spiro atoms. The van der Waals surface area contributed by atoms with E-state index in [9.17, 15) is 24.1 Å². The summed E-state index contributed by atoms with van der Waals surface area (Å²) in [5, 5.41) is 13.7. The molecule has 0 radical (unpaired) electrons. The van der Waals surface area contributed by atoms with Gasteiger partial charge in [0.05, 0.1) is 23.3 Å². The summed E-state index contributed by atoms with van der Waals surface area (Å²) >= 11 is 0. The molecule has 9 heteroatoms. The summed E-state index contributed by atoms with van der Waals surface area (Å²) in [6, 6.07) is 14.0. The predicted molar refractivity (Wildman–Crippen MR) is 104 cm³/mol. The molecule has 0 saturated carbocycles. The molecule has 30 heavy (non-hydrogen) atoms. The molecule has 1 aliphatic heterocycles. The van der Waals surface area contributed by atoms with Crippen molar-refractivity contribution in [1.82, 2.24) is 4.90 Å². The molecular weight excluding hydrogens is 393 g/mol. The summed E-state index contributed by atoms with van der Waals surface area (Å²) in [5.74, 6) is -1.31. The van der Waals surface area contributed by atoms with Crippen LogP contribution in [0.5, 0.6) is 0 Å². The fraction of sp³-hybridized carbons (Fsp3) is 0.0476. The molecular formula is C21H14FN3O5. The molecule has 0 aliphatic carbocycles. The first-order valence-corrected chi connectivity index (χ1v) is 8.84. The molecule has 0 unspecified atom stereocenters. The van der Waals surface area contributed by atoms with Gasteiger partial charge in [0.25, 0.3) is 17.5 Å². The van der Waals surface area contributed by atoms with Crippen molar-refractivity contribution in [2.45, 2.75) is 6.54 Å². The number of rotatable bonds is 6. The lowest BCUT2D eigenvalue weighted by Crippen LogP contribution is -2.31. The Labute approximate surface area is 169 Å². The van der Waals surface area contributed by atoms with E-state index in [0.29, 0.717) is 11.3 Å². The van der Waals surface area contributed by atoms with E-state index in [1.165, 1.54) is 48.7 Å². The summed E-state index contributed by atoms with van der Waals surface area (Å²) in [5.41, 5.74) is 0.435. The number of carbonyl (C=O) groups is 2. The van der Waals surface area contributed by atoms with Crippen molar-refractivity contribution in [1.29, 1.82) is 0 Å². The first kappa shape index (κ1) is 19.1. The highest BCUT2D eigenvalue weighted by atomic mass is 19.1. The van der Waals surface area contributed by atoms with Gasteiger partial charge in [-0.05, 0) is 48.0 Å². The lowest BCUT2D eigenvalue weighted by atomic mass is 10.0. The third-order valence-corrected chi connectivity index (χ3v) is 4.52. The van der Waals surface area contributed by atoms with Gasteiger partial charge in [0, 0.05) is 17.8 Å². The molecule has 1 N–H and O–H groups in total. The summed E-state index contributed by atoms with van der Waals surface area (Å²) in [4.78, 5) is 37.5. The van der Waals surface area contributed by atoms with Gasteiger partial charge < -0.3 is 9.73 Å². The first-order valence-electron chi connectivity index (χ1n) is 8.84. The smallest absolute Gasteiger partial charge is 0.278 e. The van der Waals surface area contributed by atoms with Gasteiger partial charge in [0.2, 0.25) is 0 Å². The van der Waals surface area contributed by atoms with Crippen molar-refractivity contribution >= 4 is 28.8 Å². The summed E-state index contributed by atoms with van der Waals surface area (Å²) in [6.07, 6.45) is 1.43. The number of furan rings is 1. The van der Waals surface area contributed by atoms with Crippen LogP contribution in [0, 0.1) is 15.9 Å². The number of nitro benzene ring substituents is 1. The van der Waals surface area contributed by atoms with Crippen LogP contribution in [0.4, 0.5) is 15.8 Å². The molecule has 2 heterocycles. The molecule has 0 atom stereocenters. The van der Waals surface area contributed by atoms with Gasteiger partial charge in [0.15, 0.2) is 0 Å². The molecule has 3 aromatic rings. The first-order chi connectivity index (χ1) is 14.4. The quantitative estimate of drug-likeness (QED) is 0.379. The van der Waals surface area contributed by atoms with Gasteiger partial charge in [0.1, 0.15) is 17.3 Å². The van der Waals surface area contributed by atoms with Crippen molar-refractivity contribution in [3.8, 4) is 0 Å². The zero-order valence-corrected chi connectivity index (χ0v) is 15.4. The van der Waals surface area contributed by atoms with E-state index in [-0.39, 0.29) is 29.2 Å². The number of nitrogens with zero attached hydrogens (tertiary/aromatic N) is 2. The number of non-ortho nitro benzene ring substituents is 1. The minimum atomic E-state index is -0.617. The van der Waals surface area contributed by atoms with E-state index < -0.39 is 22.6 Å². The Kier molecular flexibility index (Phi) is 4.85. The van der Waals surface area contributed by atoms with Crippen LogP contribution in [0.15, 0.2) is 77.0 Å². The van der Waals surface area contributed by atoms with Crippen LogP contribution in [0.3, 0.4) is 0 Å². The number of nitrogens with one attached hydrogen (secondary N) is 1. The number of hydrogen-bond acceptors (Lipinski definition) is 6. The molecule has 8 nitrogen and oxygen atoms in total. The van der Waals surface area contributed by atoms with Gasteiger partial charge in [-0.3, -0.25) is 24.6 Å². The summed E-state index contributed by atoms with van der Waals surface area (Å²) < 4.78 is 18.8. The molecule has 0 bridgehead atoms. The Morgan fingerprint density at radius 2 is 1.80 bits per heavy atom. The number of imide groups is 1. The normalized spacial score (nSPS) is 13.8. The summed E-state index contributed by atoms with van der Waals surface area (Å²) in [7, 11) is 0. The number of benzene rings is 2. The number of carbonyl (C=O) groups excluding carboxylic acids is 2. The number of amides is 2. The van der Waals surface area contributed by atoms with Crippen LogP contribution in [0.25, 0.3) is 5.57 Å². The molecule has 4 rings (SSSR count). The fourth-order valence-corrected chi connectivity index (χ4v) is 3.12. The van der Waals surface area contributed by atoms with Gasteiger partial charge in [-0.1, -0.05) is 6.07 Å². The van der Waals surface area contributed by atoms with E-state index >= 15 is 0 Å². The van der Waals surface area contributed by atoms with Crippen LogP contribution in [-0.2, 0) is 16.1 Å². The number of anilines is 1. The lowest BCUT2D eigenvalue weighted by Gasteiger charge is -2.13. The highest BCUT2D eigenvalue weighted by Gasteiger charge is 2.39. The maximum absolute atomic E-state index is 13.6. The molecule has 1 aromatic heterocycles. The highest BCUT2D eigenvalue weighted by molar-refractivity contribution is 6.36. The van der Waals surface area contributed by atoms with Gasteiger partial charge in [-0.15, -0.1) is 0 Å². The van der Waals surface area contributed by atoms with Crippen LogP contribution in [-0.4, -0.2) is 21.6 Å². The second-order valence-electron chi connectivity index (χ2n) is 6.47. The predicted octanol–water partition coefficient (Wildman–Crippen LogP) is 3.72. The van der Waals surface area contributed by atoms with E-state index in [2.05, 4.69) is 5.32 Å². The number of nitro groups is 1. The van der Waals surface area contributed by atoms with E-state index in [1.54, 1.807) is 18.2 Å². The van der Waals surface area contributed by atoms with Crippen LogP contribution in [0.1, 0.15) is 11.3 Å². The Morgan fingerprint density at radius 1 is 1.03 bits per heavy atom. The molecule has 150 valence electrons. The van der Waals surface area contributed by atoms with Gasteiger partial charge >= 0.3 is 0 Å². The monoisotopic (exact) mass is 407 g/mol. The molecule has 0 fully saturated rings. The van der Waals surface area contributed by atoms with Crippen molar-refractivity contribution in [2.75, 3.05) is 5.32 Å². The Balaban J connectivity index is 1.76. The zero-order valence-electron chi connectivity index (χ0n) is 15.4. The average Bonchev–Trinajstić information content (AvgIpc) is 3.31. The second kappa shape index (κ2) is 7.63. The van der Waals surface area contributed by atoms with Crippen molar-refractivity contribution in [3.05, 3.63) is 99.9 Å². The number of halogens is 1. The maximum atomic E-state index is 13.6. The largest absolute Gasteiger partial charge is 0.467 e. The summed E-state index contributed by atoms with van der Waals surface area (Å²) in [6.45, 7) is -0.0878. The molecule has 2 amide bonds. The number of hydrogen-bond donors (Lipinski definition) is 1. The third kappa shape index (κ3) is 3.55. The van der Waals surface area contributed by atoms with Gasteiger partial charge in [-0.25, -0.2) is 4.39 Å². The Bertz CT molecular complexity index is 1170. The van der Waals surface area contributed by atoms with Crippen molar-refractivity contribution < 1.29 is 23.3 Å². The fourth-order valence-electron chi connectivity index (χ4n) is 3.12. The Morgan fingerprint density at radius 3 is 2.43 bits per heavy atom. The Hall–Kier alpha value is -4.27. The van der Waals surface area contributed by atoms with Crippen LogP contribution in [0.2, 0.25) is 0 Å². The van der Waals surface area contributed by atoms with E-state index in [1.807, 2.05) is 0 Å². The minimum absolute atomic E-state index is 0.0331. The second-order valence-corrected chi connectivity index (χ2v) is 6.47. The maximum Gasteiger partial charge on any atom is 0.278 e. The van der Waals surface area contributed by atoms with Crippen LogP contribution >= 0.6 is 0 Å². The zero-order chi connectivity index (χ0) is 21.3. The van der Waals surface area contributed by atoms with E-state index in [4.69, 9.17) is 4.42 Å². The SMILES string of the molecule is O=C1C(Nc2cccc(F)c2)=C(c2ccc([N+](=O)[O-])cc2)C(=O)N1Cc1ccco1. The topological polar surface area (TPSA) is 106 Å².